The van der Waals surface area contributed by atoms with Crippen molar-refractivity contribution in [1.82, 2.24) is 9.55 Å². The third-order valence-electron chi connectivity index (χ3n) is 3.13. The van der Waals surface area contributed by atoms with E-state index in [4.69, 9.17) is 17.0 Å². The largest absolute Gasteiger partial charge is 0.453 e. The third kappa shape index (κ3) is 3.33. The molecule has 0 aliphatic carbocycles. The van der Waals surface area contributed by atoms with E-state index in [1.54, 1.807) is 6.92 Å². The number of thiocarbonyl (C=S) groups is 1. The second kappa shape index (κ2) is 6.58. The van der Waals surface area contributed by atoms with Crippen molar-refractivity contribution in [2.75, 3.05) is 0 Å². The number of ether oxygens (including phenoxy) is 1. The van der Waals surface area contributed by atoms with Gasteiger partial charge in [0.2, 0.25) is 5.95 Å². The van der Waals surface area contributed by atoms with Gasteiger partial charge in [-0.1, -0.05) is 42.5 Å². The van der Waals surface area contributed by atoms with Crippen LogP contribution in [0.15, 0.2) is 36.7 Å². The van der Waals surface area contributed by atoms with Crippen LogP contribution in [0.5, 0.6) is 0 Å². The van der Waals surface area contributed by atoms with Crippen LogP contribution in [0.1, 0.15) is 35.9 Å². The molecule has 6 heteroatoms. The number of carbonyl (C=O) groups excluding carboxylic acids is 1. The monoisotopic (exact) mass is 306 g/mol. The summed E-state index contributed by atoms with van der Waals surface area (Å²) in [5.74, 6) is -1.62. The summed E-state index contributed by atoms with van der Waals surface area (Å²) in [5, 5.41) is 1.30. The first-order chi connectivity index (χ1) is 10.0. The number of nitrogens with zero attached hydrogens (tertiary/aromatic N) is 2. The molecule has 2 aromatic rings. The normalized spacial score (nSPS) is 13.5. The molecule has 0 bridgehead atoms. The van der Waals surface area contributed by atoms with E-state index in [9.17, 15) is 9.18 Å². The zero-order valence-electron chi connectivity index (χ0n) is 11.7. The maximum atomic E-state index is 13.8. The van der Waals surface area contributed by atoms with Gasteiger partial charge in [0.1, 0.15) is 6.10 Å². The van der Waals surface area contributed by atoms with Crippen LogP contribution in [0.4, 0.5) is 4.39 Å². The fraction of sp³-hybridized carbons (Fsp3) is 0.267. The molecule has 2 atom stereocenters. The van der Waals surface area contributed by atoms with E-state index in [0.717, 1.165) is 5.56 Å². The van der Waals surface area contributed by atoms with Gasteiger partial charge in [-0.2, -0.15) is 4.39 Å². The summed E-state index contributed by atoms with van der Waals surface area (Å²) < 4.78 is 20.3. The van der Waals surface area contributed by atoms with Crippen molar-refractivity contribution < 1.29 is 13.9 Å². The molecule has 0 aliphatic rings. The molecular formula is C15H15FN2O2S. The zero-order valence-corrected chi connectivity index (χ0v) is 12.5. The number of hydrogen-bond donors (Lipinski definition) is 0. The van der Waals surface area contributed by atoms with E-state index in [1.807, 2.05) is 37.3 Å². The molecule has 0 amide bonds. The molecule has 0 fully saturated rings. The van der Waals surface area contributed by atoms with Crippen molar-refractivity contribution in [1.29, 1.82) is 0 Å². The van der Waals surface area contributed by atoms with Gasteiger partial charge in [0, 0.05) is 5.37 Å². The lowest BCUT2D eigenvalue weighted by Gasteiger charge is -2.17. The zero-order chi connectivity index (χ0) is 15.4. The Morgan fingerprint density at radius 2 is 2.05 bits per heavy atom. The van der Waals surface area contributed by atoms with Crippen molar-refractivity contribution in [2.45, 2.75) is 26.0 Å². The Bertz CT molecular complexity index is 642. The van der Waals surface area contributed by atoms with E-state index < -0.39 is 18.0 Å². The Labute approximate surface area is 127 Å². The lowest BCUT2D eigenvalue weighted by Crippen LogP contribution is -2.21. The number of carbonyl (C=O) groups is 1. The number of rotatable bonds is 5. The first-order valence-electron chi connectivity index (χ1n) is 6.48. The molecule has 21 heavy (non-hydrogen) atoms. The maximum absolute atomic E-state index is 13.8. The molecule has 0 N–H and O–H groups in total. The minimum Gasteiger partial charge on any atom is -0.453 e. The van der Waals surface area contributed by atoms with Gasteiger partial charge in [-0.05, 0) is 19.4 Å². The number of benzene rings is 1. The molecule has 0 aliphatic heterocycles. The lowest BCUT2D eigenvalue weighted by atomic mass is 10.1. The molecule has 110 valence electrons. The number of esters is 1. The van der Waals surface area contributed by atoms with Crippen LogP contribution in [0, 0.1) is 5.95 Å². The number of aromatic nitrogens is 2. The topological polar surface area (TPSA) is 44.1 Å². The van der Waals surface area contributed by atoms with Crippen molar-refractivity contribution in [3.05, 3.63) is 53.9 Å². The summed E-state index contributed by atoms with van der Waals surface area (Å²) >= 11 is 4.70. The minimum absolute atomic E-state index is 0.199. The molecule has 1 aromatic heterocycles. The summed E-state index contributed by atoms with van der Waals surface area (Å²) in [6, 6.07) is 9.21. The Morgan fingerprint density at radius 3 is 2.67 bits per heavy atom. The molecule has 1 unspecified atom stereocenters. The highest BCUT2D eigenvalue weighted by Crippen LogP contribution is 2.21. The quantitative estimate of drug-likeness (QED) is 0.628. The van der Waals surface area contributed by atoms with E-state index >= 15 is 0 Å². The number of hydrogen-bond acceptors (Lipinski definition) is 4. The highest BCUT2D eigenvalue weighted by atomic mass is 32.1. The van der Waals surface area contributed by atoms with Gasteiger partial charge in [-0.25, -0.2) is 9.78 Å². The average molecular weight is 306 g/mol. The number of halogens is 1. The summed E-state index contributed by atoms with van der Waals surface area (Å²) in [6.45, 7) is 3.47. The smallest absolute Gasteiger partial charge is 0.360 e. The Morgan fingerprint density at radius 1 is 1.38 bits per heavy atom. The molecule has 0 saturated carbocycles. The molecular weight excluding hydrogens is 291 g/mol. The van der Waals surface area contributed by atoms with E-state index in [-0.39, 0.29) is 11.7 Å². The van der Waals surface area contributed by atoms with Gasteiger partial charge in [-0.3, -0.25) is 0 Å². The first-order valence-corrected chi connectivity index (χ1v) is 6.95. The van der Waals surface area contributed by atoms with Crippen LogP contribution in [-0.4, -0.2) is 27.0 Å². The Hall–Kier alpha value is -2.08. The fourth-order valence-corrected chi connectivity index (χ4v) is 2.02. The van der Waals surface area contributed by atoms with Gasteiger partial charge in [0.05, 0.1) is 12.4 Å². The standard InChI is InChI=1S/C15H15FN2O2S/c1-10(8-21)20-15(19)13-14(16)17-9-18(13)11(2)12-6-4-3-5-7-12/h3-11H,1-2H3/t10?,11-/m1/s1. The van der Waals surface area contributed by atoms with Crippen LogP contribution < -0.4 is 0 Å². The fourth-order valence-electron chi connectivity index (χ4n) is 1.97. The molecule has 1 heterocycles. The van der Waals surface area contributed by atoms with Crippen LogP contribution in [0.3, 0.4) is 0 Å². The Balaban J connectivity index is 2.34. The molecule has 4 nitrogen and oxygen atoms in total. The lowest BCUT2D eigenvalue weighted by molar-refractivity contribution is 0.0441. The first kappa shape index (κ1) is 15.3. The van der Waals surface area contributed by atoms with Crippen molar-refractivity contribution >= 4 is 23.6 Å². The van der Waals surface area contributed by atoms with Crippen LogP contribution >= 0.6 is 12.2 Å². The average Bonchev–Trinajstić information content (AvgIpc) is 2.89. The number of imidazole rings is 1. The molecule has 2 rings (SSSR count). The molecule has 0 spiro atoms. The van der Waals surface area contributed by atoms with Crippen LogP contribution in [0.2, 0.25) is 0 Å². The van der Waals surface area contributed by atoms with Crippen LogP contribution in [-0.2, 0) is 4.74 Å². The molecule has 0 saturated heterocycles. The van der Waals surface area contributed by atoms with Crippen molar-refractivity contribution in [2.24, 2.45) is 0 Å². The SMILES string of the molecule is CC(C=S)OC(=O)c1c(F)ncn1[C@H](C)c1ccccc1. The predicted octanol–water partition coefficient (Wildman–Crippen LogP) is 3.18. The molecule has 0 radical (unpaired) electrons. The van der Waals surface area contributed by atoms with Gasteiger partial charge in [-0.15, -0.1) is 0 Å². The van der Waals surface area contributed by atoms with Gasteiger partial charge in [0.15, 0.2) is 5.69 Å². The van der Waals surface area contributed by atoms with Crippen LogP contribution in [0.25, 0.3) is 0 Å². The highest BCUT2D eigenvalue weighted by Gasteiger charge is 2.24. The maximum Gasteiger partial charge on any atom is 0.360 e. The van der Waals surface area contributed by atoms with E-state index in [2.05, 4.69) is 4.98 Å². The minimum atomic E-state index is -0.848. The van der Waals surface area contributed by atoms with Gasteiger partial charge in [0.25, 0.3) is 0 Å². The van der Waals surface area contributed by atoms with E-state index in [0.29, 0.717) is 0 Å². The predicted molar refractivity (Wildman–Crippen MR) is 81.0 cm³/mol. The van der Waals surface area contributed by atoms with Gasteiger partial charge >= 0.3 is 5.97 Å². The highest BCUT2D eigenvalue weighted by molar-refractivity contribution is 7.79. The summed E-state index contributed by atoms with van der Waals surface area (Å²) in [6.07, 6.45) is 0.730. The second-order valence-electron chi connectivity index (χ2n) is 4.62. The summed E-state index contributed by atoms with van der Waals surface area (Å²) in [7, 11) is 0. The van der Waals surface area contributed by atoms with E-state index in [1.165, 1.54) is 16.3 Å². The summed E-state index contributed by atoms with van der Waals surface area (Å²) in [5.41, 5.74) is 0.738. The van der Waals surface area contributed by atoms with Gasteiger partial charge < -0.3 is 9.30 Å². The third-order valence-corrected chi connectivity index (χ3v) is 3.51. The summed E-state index contributed by atoms with van der Waals surface area (Å²) in [4.78, 5) is 15.6. The second-order valence-corrected chi connectivity index (χ2v) is 4.90. The molecule has 1 aromatic carbocycles. The Kier molecular flexibility index (Phi) is 4.80. The van der Waals surface area contributed by atoms with Crippen molar-refractivity contribution in [3.8, 4) is 0 Å². The van der Waals surface area contributed by atoms with Crippen molar-refractivity contribution in [3.63, 3.8) is 0 Å².